The lowest BCUT2D eigenvalue weighted by molar-refractivity contribution is 0.627. The van der Waals surface area contributed by atoms with Gasteiger partial charge in [0.15, 0.2) is 0 Å². The first kappa shape index (κ1) is 9.55. The highest BCUT2D eigenvalue weighted by atomic mass is 35.5. The van der Waals surface area contributed by atoms with Gasteiger partial charge >= 0.3 is 0 Å². The van der Waals surface area contributed by atoms with Gasteiger partial charge in [-0.3, -0.25) is 0 Å². The molecule has 0 saturated carbocycles. The van der Waals surface area contributed by atoms with Crippen molar-refractivity contribution in [2.24, 2.45) is 0 Å². The van der Waals surface area contributed by atoms with Crippen LogP contribution < -0.4 is 0 Å². The van der Waals surface area contributed by atoms with Gasteiger partial charge in [-0.25, -0.2) is 4.39 Å². The second kappa shape index (κ2) is 3.63. The molecule has 0 saturated heterocycles. The SMILES string of the molecule is N#Cc1nnnn1-c1ccc(F)c(Cl)c1. The number of benzene rings is 1. The minimum absolute atomic E-state index is 0.0117. The van der Waals surface area contributed by atoms with E-state index in [9.17, 15) is 4.39 Å². The Morgan fingerprint density at radius 1 is 1.47 bits per heavy atom. The Hall–Kier alpha value is -2.00. The van der Waals surface area contributed by atoms with Crippen LogP contribution in [0.2, 0.25) is 5.02 Å². The maximum atomic E-state index is 12.9. The van der Waals surface area contributed by atoms with Crippen molar-refractivity contribution in [1.29, 1.82) is 5.26 Å². The predicted molar refractivity (Wildman–Crippen MR) is 48.8 cm³/mol. The van der Waals surface area contributed by atoms with Crippen LogP contribution in [0.15, 0.2) is 18.2 Å². The number of aromatic nitrogens is 4. The van der Waals surface area contributed by atoms with Gasteiger partial charge in [-0.15, -0.1) is 0 Å². The van der Waals surface area contributed by atoms with Gasteiger partial charge in [-0.05, 0) is 28.6 Å². The number of nitriles is 1. The summed E-state index contributed by atoms with van der Waals surface area (Å²) in [7, 11) is 0. The first-order valence-corrected chi connectivity index (χ1v) is 4.24. The maximum absolute atomic E-state index is 12.9. The Balaban J connectivity index is 2.56. The standard InChI is InChI=1S/C8H3ClFN5/c9-6-3-5(1-2-7(6)10)15-8(4-11)12-13-14-15/h1-3H. The van der Waals surface area contributed by atoms with Gasteiger partial charge in [-0.1, -0.05) is 16.7 Å². The maximum Gasteiger partial charge on any atom is 0.257 e. The van der Waals surface area contributed by atoms with E-state index in [1.807, 2.05) is 0 Å². The molecule has 2 aromatic rings. The number of halogens is 2. The van der Waals surface area contributed by atoms with Crippen LogP contribution in [-0.2, 0) is 0 Å². The van der Waals surface area contributed by atoms with Gasteiger partial charge < -0.3 is 0 Å². The summed E-state index contributed by atoms with van der Waals surface area (Å²) in [6, 6.07) is 5.75. The molecule has 5 nitrogen and oxygen atoms in total. The lowest BCUT2D eigenvalue weighted by atomic mass is 10.3. The molecule has 0 aliphatic heterocycles. The molecule has 1 aromatic heterocycles. The van der Waals surface area contributed by atoms with E-state index in [0.717, 1.165) is 0 Å². The zero-order valence-corrected chi connectivity index (χ0v) is 7.98. The summed E-state index contributed by atoms with van der Waals surface area (Å²) in [4.78, 5) is 0. The largest absolute Gasteiger partial charge is 0.257 e. The highest BCUT2D eigenvalue weighted by Crippen LogP contribution is 2.18. The van der Waals surface area contributed by atoms with Crippen molar-refractivity contribution in [3.05, 3.63) is 34.9 Å². The van der Waals surface area contributed by atoms with Gasteiger partial charge in [0.05, 0.1) is 10.7 Å². The molecule has 0 fully saturated rings. The predicted octanol–water partition coefficient (Wildman–Crippen LogP) is 1.33. The summed E-state index contributed by atoms with van der Waals surface area (Å²) >= 11 is 5.59. The lowest BCUT2D eigenvalue weighted by Crippen LogP contribution is -2.00. The molecule has 1 heterocycles. The topological polar surface area (TPSA) is 67.4 Å². The number of nitrogens with zero attached hydrogens (tertiary/aromatic N) is 5. The van der Waals surface area contributed by atoms with Gasteiger partial charge in [0.2, 0.25) is 0 Å². The summed E-state index contributed by atoms with van der Waals surface area (Å²) in [5.41, 5.74) is 0.433. The van der Waals surface area contributed by atoms with Crippen LogP contribution in [0.1, 0.15) is 5.82 Å². The third kappa shape index (κ3) is 1.65. The van der Waals surface area contributed by atoms with Gasteiger partial charge in [0.25, 0.3) is 5.82 Å². The van der Waals surface area contributed by atoms with Crippen LogP contribution in [0.4, 0.5) is 4.39 Å². The summed E-state index contributed by atoms with van der Waals surface area (Å²) in [5, 5.41) is 19.0. The van der Waals surface area contributed by atoms with E-state index in [1.54, 1.807) is 6.07 Å². The third-order valence-electron chi connectivity index (χ3n) is 1.72. The Bertz CT molecular complexity index is 544. The zero-order valence-electron chi connectivity index (χ0n) is 7.22. The van der Waals surface area contributed by atoms with E-state index in [1.165, 1.54) is 22.9 Å². The van der Waals surface area contributed by atoms with E-state index < -0.39 is 5.82 Å². The Kier molecular flexibility index (Phi) is 2.31. The molecule has 2 rings (SSSR count). The average Bonchev–Trinajstić information content (AvgIpc) is 2.70. The highest BCUT2D eigenvalue weighted by molar-refractivity contribution is 6.30. The molecule has 0 amide bonds. The van der Waals surface area contributed by atoms with E-state index in [2.05, 4.69) is 15.5 Å². The van der Waals surface area contributed by atoms with E-state index in [-0.39, 0.29) is 10.8 Å². The van der Waals surface area contributed by atoms with Crippen molar-refractivity contribution >= 4 is 11.6 Å². The molecule has 0 N–H and O–H groups in total. The molecule has 0 aliphatic carbocycles. The first-order chi connectivity index (χ1) is 7.22. The van der Waals surface area contributed by atoms with Crippen LogP contribution in [0.3, 0.4) is 0 Å². The second-order valence-electron chi connectivity index (χ2n) is 2.62. The molecule has 74 valence electrons. The van der Waals surface area contributed by atoms with E-state index >= 15 is 0 Å². The quantitative estimate of drug-likeness (QED) is 0.731. The summed E-state index contributed by atoms with van der Waals surface area (Å²) in [5.74, 6) is -0.523. The molecule has 0 unspecified atom stereocenters. The van der Waals surface area contributed by atoms with Crippen LogP contribution in [0, 0.1) is 17.1 Å². The minimum atomic E-state index is -0.535. The summed E-state index contributed by atoms with van der Waals surface area (Å²) in [6.07, 6.45) is 0. The molecule has 0 aliphatic rings. The van der Waals surface area contributed by atoms with Gasteiger partial charge in [-0.2, -0.15) is 9.94 Å². The molecule has 15 heavy (non-hydrogen) atoms. The first-order valence-electron chi connectivity index (χ1n) is 3.86. The monoisotopic (exact) mass is 223 g/mol. The smallest absolute Gasteiger partial charge is 0.205 e. The zero-order chi connectivity index (χ0) is 10.8. The molecule has 7 heteroatoms. The number of rotatable bonds is 1. The molecular formula is C8H3ClFN5. The molecule has 0 bridgehead atoms. The molecule has 1 aromatic carbocycles. The van der Waals surface area contributed by atoms with Crippen molar-refractivity contribution in [1.82, 2.24) is 20.2 Å². The fourth-order valence-corrected chi connectivity index (χ4v) is 1.22. The Labute approximate surface area is 88.7 Å². The Morgan fingerprint density at radius 2 is 2.27 bits per heavy atom. The van der Waals surface area contributed by atoms with Crippen molar-refractivity contribution < 1.29 is 4.39 Å². The van der Waals surface area contributed by atoms with E-state index in [4.69, 9.17) is 16.9 Å². The molecule has 0 atom stereocenters. The van der Waals surface area contributed by atoms with Crippen molar-refractivity contribution in [2.45, 2.75) is 0 Å². The van der Waals surface area contributed by atoms with E-state index in [0.29, 0.717) is 5.69 Å². The van der Waals surface area contributed by atoms with Crippen molar-refractivity contribution in [3.8, 4) is 11.8 Å². The highest BCUT2D eigenvalue weighted by Gasteiger charge is 2.08. The fraction of sp³-hybridized carbons (Fsp3) is 0. The second-order valence-corrected chi connectivity index (χ2v) is 3.03. The average molecular weight is 224 g/mol. The molecule has 0 spiro atoms. The lowest BCUT2D eigenvalue weighted by Gasteiger charge is -2.00. The van der Waals surface area contributed by atoms with Gasteiger partial charge in [0, 0.05) is 0 Å². The van der Waals surface area contributed by atoms with Crippen molar-refractivity contribution in [3.63, 3.8) is 0 Å². The summed E-state index contributed by atoms with van der Waals surface area (Å²) < 4.78 is 14.0. The van der Waals surface area contributed by atoms with Gasteiger partial charge in [0.1, 0.15) is 11.9 Å². The van der Waals surface area contributed by atoms with Crippen LogP contribution >= 0.6 is 11.6 Å². The number of hydrogen-bond donors (Lipinski definition) is 0. The van der Waals surface area contributed by atoms with Crippen LogP contribution in [0.25, 0.3) is 5.69 Å². The molecule has 0 radical (unpaired) electrons. The van der Waals surface area contributed by atoms with Crippen LogP contribution in [-0.4, -0.2) is 20.2 Å². The summed E-state index contributed by atoms with van der Waals surface area (Å²) in [6.45, 7) is 0. The number of hydrogen-bond acceptors (Lipinski definition) is 4. The Morgan fingerprint density at radius 3 is 2.93 bits per heavy atom. The van der Waals surface area contributed by atoms with Crippen LogP contribution in [0.5, 0.6) is 0 Å². The van der Waals surface area contributed by atoms with Crippen molar-refractivity contribution in [2.75, 3.05) is 0 Å². The minimum Gasteiger partial charge on any atom is -0.205 e. The number of tetrazole rings is 1. The normalized spacial score (nSPS) is 9.93. The molecular weight excluding hydrogens is 221 g/mol. The third-order valence-corrected chi connectivity index (χ3v) is 2.01. The fourth-order valence-electron chi connectivity index (χ4n) is 1.05.